The van der Waals surface area contributed by atoms with Crippen LogP contribution in [0.15, 0.2) is 42.7 Å². The van der Waals surface area contributed by atoms with Crippen molar-refractivity contribution >= 4 is 11.7 Å². The summed E-state index contributed by atoms with van der Waals surface area (Å²) < 4.78 is 4.94. The van der Waals surface area contributed by atoms with Crippen LogP contribution in [0.1, 0.15) is 10.4 Å². The largest absolute Gasteiger partial charge is 0.481 e. The SMILES string of the molecule is COc1cc(NC(=O)c2ccccc2)ncn1. The molecule has 2 rings (SSSR count). The maximum Gasteiger partial charge on any atom is 0.256 e. The second-order valence-corrected chi connectivity index (χ2v) is 3.27. The van der Waals surface area contributed by atoms with Gasteiger partial charge in [0.05, 0.1) is 7.11 Å². The third-order valence-corrected chi connectivity index (χ3v) is 2.13. The smallest absolute Gasteiger partial charge is 0.256 e. The third-order valence-electron chi connectivity index (χ3n) is 2.13. The predicted molar refractivity (Wildman–Crippen MR) is 63.0 cm³/mol. The highest BCUT2D eigenvalue weighted by Gasteiger charge is 2.06. The molecule has 1 aromatic carbocycles. The van der Waals surface area contributed by atoms with Crippen LogP contribution in [0.5, 0.6) is 5.88 Å². The van der Waals surface area contributed by atoms with Gasteiger partial charge in [0.2, 0.25) is 5.88 Å². The number of anilines is 1. The topological polar surface area (TPSA) is 64.1 Å². The molecule has 0 unspecified atom stereocenters. The predicted octanol–water partition coefficient (Wildman–Crippen LogP) is 1.74. The van der Waals surface area contributed by atoms with Crippen LogP contribution in [0.4, 0.5) is 5.82 Å². The Morgan fingerprint density at radius 1 is 1.24 bits per heavy atom. The number of methoxy groups -OCH3 is 1. The minimum absolute atomic E-state index is 0.216. The number of carbonyl (C=O) groups excluding carboxylic acids is 1. The van der Waals surface area contributed by atoms with Gasteiger partial charge in [0.1, 0.15) is 12.1 Å². The van der Waals surface area contributed by atoms with Crippen molar-refractivity contribution in [2.75, 3.05) is 12.4 Å². The lowest BCUT2D eigenvalue weighted by Gasteiger charge is -2.05. The van der Waals surface area contributed by atoms with Crippen LogP contribution in [0, 0.1) is 0 Å². The lowest BCUT2D eigenvalue weighted by Crippen LogP contribution is -2.12. The summed E-state index contributed by atoms with van der Waals surface area (Å²) >= 11 is 0. The number of nitrogens with one attached hydrogen (secondary N) is 1. The van der Waals surface area contributed by atoms with Crippen molar-refractivity contribution < 1.29 is 9.53 Å². The molecule has 1 amide bonds. The van der Waals surface area contributed by atoms with E-state index in [0.29, 0.717) is 17.3 Å². The van der Waals surface area contributed by atoms with Gasteiger partial charge in [-0.05, 0) is 12.1 Å². The number of carbonyl (C=O) groups is 1. The van der Waals surface area contributed by atoms with E-state index in [0.717, 1.165) is 0 Å². The Labute approximate surface area is 98.5 Å². The molecule has 0 aliphatic rings. The van der Waals surface area contributed by atoms with Gasteiger partial charge in [-0.2, -0.15) is 0 Å². The monoisotopic (exact) mass is 229 g/mol. The zero-order valence-corrected chi connectivity index (χ0v) is 9.25. The van der Waals surface area contributed by atoms with E-state index < -0.39 is 0 Å². The lowest BCUT2D eigenvalue weighted by molar-refractivity contribution is 0.102. The Bertz CT molecular complexity index is 514. The number of aromatic nitrogens is 2. The Morgan fingerprint density at radius 3 is 2.71 bits per heavy atom. The molecule has 5 heteroatoms. The molecule has 0 fully saturated rings. The molecule has 5 nitrogen and oxygen atoms in total. The number of ether oxygens (including phenoxy) is 1. The van der Waals surface area contributed by atoms with Gasteiger partial charge >= 0.3 is 0 Å². The fourth-order valence-corrected chi connectivity index (χ4v) is 1.30. The first-order valence-electron chi connectivity index (χ1n) is 5.02. The van der Waals surface area contributed by atoms with Gasteiger partial charge in [0.25, 0.3) is 5.91 Å². The van der Waals surface area contributed by atoms with Gasteiger partial charge in [-0.1, -0.05) is 18.2 Å². The highest BCUT2D eigenvalue weighted by atomic mass is 16.5. The molecule has 0 atom stereocenters. The van der Waals surface area contributed by atoms with Crippen molar-refractivity contribution in [1.82, 2.24) is 9.97 Å². The van der Waals surface area contributed by atoms with Gasteiger partial charge in [0.15, 0.2) is 0 Å². The van der Waals surface area contributed by atoms with E-state index in [9.17, 15) is 4.79 Å². The number of hydrogen-bond donors (Lipinski definition) is 1. The van der Waals surface area contributed by atoms with Crippen molar-refractivity contribution in [2.45, 2.75) is 0 Å². The average molecular weight is 229 g/mol. The Kier molecular flexibility index (Phi) is 3.30. The molecule has 17 heavy (non-hydrogen) atoms. The highest BCUT2D eigenvalue weighted by molar-refractivity contribution is 6.03. The molecule has 1 heterocycles. The fourth-order valence-electron chi connectivity index (χ4n) is 1.30. The maximum absolute atomic E-state index is 11.8. The van der Waals surface area contributed by atoms with Crippen LogP contribution in [0.2, 0.25) is 0 Å². The highest BCUT2D eigenvalue weighted by Crippen LogP contribution is 2.11. The maximum atomic E-state index is 11.8. The van der Waals surface area contributed by atoms with Crippen molar-refractivity contribution in [3.8, 4) is 5.88 Å². The summed E-state index contributed by atoms with van der Waals surface area (Å²) in [6.45, 7) is 0. The number of nitrogens with zero attached hydrogens (tertiary/aromatic N) is 2. The molecule has 86 valence electrons. The number of amides is 1. The standard InChI is InChI=1S/C12H11N3O2/c1-17-11-7-10(13-8-14-11)15-12(16)9-5-3-2-4-6-9/h2-8H,1H3,(H,13,14,15,16). The first-order valence-corrected chi connectivity index (χ1v) is 5.02. The van der Waals surface area contributed by atoms with Crippen molar-refractivity contribution in [3.05, 3.63) is 48.3 Å². The van der Waals surface area contributed by atoms with Gasteiger partial charge in [-0.25, -0.2) is 9.97 Å². The fraction of sp³-hybridized carbons (Fsp3) is 0.0833. The van der Waals surface area contributed by atoms with E-state index in [4.69, 9.17) is 4.74 Å². The molecule has 0 saturated carbocycles. The summed E-state index contributed by atoms with van der Waals surface area (Å²) in [6, 6.07) is 10.5. The number of rotatable bonds is 3. The van der Waals surface area contributed by atoms with E-state index in [1.807, 2.05) is 6.07 Å². The summed E-state index contributed by atoms with van der Waals surface area (Å²) in [4.78, 5) is 19.6. The minimum atomic E-state index is -0.216. The first-order chi connectivity index (χ1) is 8.29. The minimum Gasteiger partial charge on any atom is -0.481 e. The molecule has 0 saturated heterocycles. The van der Waals surface area contributed by atoms with E-state index in [-0.39, 0.29) is 5.91 Å². The first kappa shape index (κ1) is 11.1. The zero-order chi connectivity index (χ0) is 12.1. The summed E-state index contributed by atoms with van der Waals surface area (Å²) in [5.41, 5.74) is 0.574. The average Bonchev–Trinajstić information content (AvgIpc) is 2.40. The molecule has 0 spiro atoms. The van der Waals surface area contributed by atoms with Crippen LogP contribution in [-0.4, -0.2) is 23.0 Å². The van der Waals surface area contributed by atoms with Crippen LogP contribution < -0.4 is 10.1 Å². The van der Waals surface area contributed by atoms with Gasteiger partial charge < -0.3 is 10.1 Å². The second kappa shape index (κ2) is 5.07. The van der Waals surface area contributed by atoms with Crippen LogP contribution in [0.25, 0.3) is 0 Å². The summed E-state index contributed by atoms with van der Waals surface area (Å²) in [5.74, 6) is 0.598. The Morgan fingerprint density at radius 2 is 2.00 bits per heavy atom. The van der Waals surface area contributed by atoms with Crippen LogP contribution >= 0.6 is 0 Å². The quantitative estimate of drug-likeness (QED) is 0.870. The van der Waals surface area contributed by atoms with E-state index in [1.54, 1.807) is 30.3 Å². The lowest BCUT2D eigenvalue weighted by atomic mass is 10.2. The Balaban J connectivity index is 2.13. The third kappa shape index (κ3) is 2.78. The van der Waals surface area contributed by atoms with Gasteiger partial charge in [-0.3, -0.25) is 4.79 Å². The van der Waals surface area contributed by atoms with Gasteiger partial charge in [-0.15, -0.1) is 0 Å². The van der Waals surface area contributed by atoms with Crippen LogP contribution in [-0.2, 0) is 0 Å². The van der Waals surface area contributed by atoms with Crippen LogP contribution in [0.3, 0.4) is 0 Å². The molecular formula is C12H11N3O2. The van der Waals surface area contributed by atoms with E-state index in [2.05, 4.69) is 15.3 Å². The van der Waals surface area contributed by atoms with E-state index >= 15 is 0 Å². The summed E-state index contributed by atoms with van der Waals surface area (Å²) in [7, 11) is 1.51. The summed E-state index contributed by atoms with van der Waals surface area (Å²) in [5, 5.41) is 2.66. The molecule has 0 radical (unpaired) electrons. The molecule has 2 aromatic rings. The zero-order valence-electron chi connectivity index (χ0n) is 9.25. The molecule has 0 aliphatic heterocycles. The van der Waals surface area contributed by atoms with Gasteiger partial charge in [0, 0.05) is 11.6 Å². The van der Waals surface area contributed by atoms with Crippen molar-refractivity contribution in [3.63, 3.8) is 0 Å². The van der Waals surface area contributed by atoms with E-state index in [1.165, 1.54) is 13.4 Å². The number of hydrogen-bond acceptors (Lipinski definition) is 4. The second-order valence-electron chi connectivity index (χ2n) is 3.27. The molecule has 0 aliphatic carbocycles. The molecular weight excluding hydrogens is 218 g/mol. The molecule has 1 N–H and O–H groups in total. The molecule has 1 aromatic heterocycles. The van der Waals surface area contributed by atoms with Crippen molar-refractivity contribution in [1.29, 1.82) is 0 Å². The molecule has 0 bridgehead atoms. The summed E-state index contributed by atoms with van der Waals surface area (Å²) in [6.07, 6.45) is 1.33. The Hall–Kier alpha value is -2.43. The number of benzene rings is 1. The normalized spacial score (nSPS) is 9.71. The van der Waals surface area contributed by atoms with Crippen molar-refractivity contribution in [2.24, 2.45) is 0 Å².